The Bertz CT molecular complexity index is 447. The van der Waals surface area contributed by atoms with Crippen molar-refractivity contribution in [3.8, 4) is 11.5 Å². The van der Waals surface area contributed by atoms with Crippen LogP contribution in [-0.4, -0.2) is 25.0 Å². The van der Waals surface area contributed by atoms with E-state index in [1.807, 2.05) is 17.8 Å². The summed E-state index contributed by atoms with van der Waals surface area (Å²) in [6, 6.07) is 2.04. The molecule has 0 saturated carbocycles. The Kier molecular flexibility index (Phi) is 2.10. The second-order valence-corrected chi connectivity index (χ2v) is 4.63. The largest absolute Gasteiger partial charge is 0.326 e. The lowest BCUT2D eigenvalue weighted by Gasteiger charge is -2.17. The Labute approximate surface area is 88.5 Å². The van der Waals surface area contributed by atoms with Crippen LogP contribution < -0.4 is 0 Å². The van der Waals surface area contributed by atoms with Gasteiger partial charge < -0.3 is 4.98 Å². The second-order valence-electron chi connectivity index (χ2n) is 4.63. The maximum Gasteiger partial charge on any atom is 0.181 e. The van der Waals surface area contributed by atoms with Gasteiger partial charge in [-0.25, -0.2) is 0 Å². The molecule has 2 rings (SSSR count). The molecule has 1 N–H and O–H groups in total. The lowest BCUT2D eigenvalue weighted by atomic mass is 9.92. The zero-order valence-corrected chi connectivity index (χ0v) is 9.44. The summed E-state index contributed by atoms with van der Waals surface area (Å²) in [4.78, 5) is 2.95. The molecular formula is C10H15N5. The summed E-state index contributed by atoms with van der Waals surface area (Å²) < 4.78 is 1.89. The molecule has 2 aromatic heterocycles. The Morgan fingerprint density at radius 2 is 2.07 bits per heavy atom. The molecule has 5 nitrogen and oxygen atoms in total. The molecule has 0 aromatic carbocycles. The van der Waals surface area contributed by atoms with Crippen LogP contribution >= 0.6 is 0 Å². The Hall–Kier alpha value is -1.65. The highest BCUT2D eigenvalue weighted by Gasteiger charge is 2.20. The van der Waals surface area contributed by atoms with Crippen LogP contribution in [-0.2, 0) is 12.5 Å². The molecule has 80 valence electrons. The number of nitrogens with zero attached hydrogens (tertiary/aromatic N) is 4. The Morgan fingerprint density at radius 1 is 1.33 bits per heavy atom. The van der Waals surface area contributed by atoms with E-state index >= 15 is 0 Å². The van der Waals surface area contributed by atoms with Crippen LogP contribution in [0.25, 0.3) is 11.5 Å². The Balaban J connectivity index is 2.47. The van der Waals surface area contributed by atoms with Crippen molar-refractivity contribution in [2.45, 2.75) is 26.2 Å². The molecule has 2 aromatic rings. The summed E-state index contributed by atoms with van der Waals surface area (Å²) in [5, 5.41) is 12.1. The van der Waals surface area contributed by atoms with Crippen LogP contribution in [0.5, 0.6) is 0 Å². The minimum absolute atomic E-state index is 0.0834. The van der Waals surface area contributed by atoms with Gasteiger partial charge in [-0.15, -0.1) is 10.2 Å². The van der Waals surface area contributed by atoms with E-state index in [2.05, 4.69) is 41.1 Å². The predicted molar refractivity (Wildman–Crippen MR) is 57.3 cm³/mol. The quantitative estimate of drug-likeness (QED) is 0.767. The third kappa shape index (κ3) is 1.77. The third-order valence-corrected chi connectivity index (χ3v) is 2.31. The smallest absolute Gasteiger partial charge is 0.181 e. The van der Waals surface area contributed by atoms with Crippen molar-refractivity contribution in [3.63, 3.8) is 0 Å². The van der Waals surface area contributed by atoms with Crippen LogP contribution in [0, 0.1) is 0 Å². The summed E-state index contributed by atoms with van der Waals surface area (Å²) in [6.45, 7) is 6.48. The van der Waals surface area contributed by atoms with Crippen molar-refractivity contribution in [2.24, 2.45) is 7.05 Å². The number of H-pyrrole nitrogens is 1. The van der Waals surface area contributed by atoms with E-state index in [9.17, 15) is 0 Å². The van der Waals surface area contributed by atoms with Crippen LogP contribution in [0.3, 0.4) is 0 Å². The van der Waals surface area contributed by atoms with Crippen LogP contribution in [0.2, 0.25) is 0 Å². The van der Waals surface area contributed by atoms with Crippen molar-refractivity contribution < 1.29 is 0 Å². The van der Waals surface area contributed by atoms with E-state index < -0.39 is 0 Å². The second kappa shape index (κ2) is 3.18. The van der Waals surface area contributed by atoms with Gasteiger partial charge in [0.2, 0.25) is 0 Å². The molecule has 0 aliphatic rings. The number of nitrogens with one attached hydrogen (secondary N) is 1. The summed E-state index contributed by atoms with van der Waals surface area (Å²) in [7, 11) is 1.94. The first-order chi connectivity index (χ1) is 6.98. The normalized spacial score (nSPS) is 12.0. The van der Waals surface area contributed by atoms with E-state index in [-0.39, 0.29) is 5.41 Å². The lowest BCUT2D eigenvalue weighted by Crippen LogP contribution is -2.16. The van der Waals surface area contributed by atoms with Gasteiger partial charge in [0.15, 0.2) is 5.82 Å². The fraction of sp³-hybridized carbons (Fsp3) is 0.500. The van der Waals surface area contributed by atoms with Gasteiger partial charge in [-0.1, -0.05) is 20.8 Å². The number of hydrogen-bond donors (Lipinski definition) is 1. The molecule has 0 unspecified atom stereocenters. The molecule has 0 bridgehead atoms. The molecule has 0 aliphatic heterocycles. The van der Waals surface area contributed by atoms with Crippen LogP contribution in [0.4, 0.5) is 0 Å². The first-order valence-corrected chi connectivity index (χ1v) is 4.89. The monoisotopic (exact) mass is 205 g/mol. The molecule has 2 heterocycles. The minimum atomic E-state index is 0.0834. The van der Waals surface area contributed by atoms with Crippen LogP contribution in [0.15, 0.2) is 12.4 Å². The van der Waals surface area contributed by atoms with Gasteiger partial charge in [-0.3, -0.25) is 4.68 Å². The molecule has 0 amide bonds. The highest BCUT2D eigenvalue weighted by Crippen LogP contribution is 2.24. The average Bonchev–Trinajstić information content (AvgIpc) is 2.68. The SMILES string of the molecule is Cn1nc(-c2nnc[nH]2)cc1C(C)(C)C. The molecule has 0 spiro atoms. The molecule has 0 saturated heterocycles. The first-order valence-electron chi connectivity index (χ1n) is 4.89. The maximum atomic E-state index is 4.40. The Morgan fingerprint density at radius 3 is 2.53 bits per heavy atom. The van der Waals surface area contributed by atoms with Crippen molar-refractivity contribution in [2.75, 3.05) is 0 Å². The van der Waals surface area contributed by atoms with E-state index in [1.165, 1.54) is 5.69 Å². The summed E-state index contributed by atoms with van der Waals surface area (Å²) in [5.74, 6) is 0.709. The van der Waals surface area contributed by atoms with Gasteiger partial charge in [0.25, 0.3) is 0 Å². The zero-order chi connectivity index (χ0) is 11.1. The van der Waals surface area contributed by atoms with Crippen molar-refractivity contribution in [1.82, 2.24) is 25.0 Å². The van der Waals surface area contributed by atoms with Crippen molar-refractivity contribution in [1.29, 1.82) is 0 Å². The van der Waals surface area contributed by atoms with Gasteiger partial charge >= 0.3 is 0 Å². The van der Waals surface area contributed by atoms with E-state index in [1.54, 1.807) is 6.33 Å². The number of aryl methyl sites for hydroxylation is 1. The van der Waals surface area contributed by atoms with E-state index in [0.29, 0.717) is 5.82 Å². The predicted octanol–water partition coefficient (Wildman–Crippen LogP) is 1.50. The number of aromatic amines is 1. The molecule has 15 heavy (non-hydrogen) atoms. The van der Waals surface area contributed by atoms with Gasteiger partial charge in [-0.2, -0.15) is 5.10 Å². The van der Waals surface area contributed by atoms with Crippen LogP contribution in [0.1, 0.15) is 26.5 Å². The van der Waals surface area contributed by atoms with Gasteiger partial charge in [0, 0.05) is 18.2 Å². The zero-order valence-electron chi connectivity index (χ0n) is 9.44. The van der Waals surface area contributed by atoms with Crippen molar-refractivity contribution in [3.05, 3.63) is 18.1 Å². The highest BCUT2D eigenvalue weighted by molar-refractivity contribution is 5.49. The maximum absolute atomic E-state index is 4.40. The topological polar surface area (TPSA) is 59.4 Å². The van der Waals surface area contributed by atoms with Gasteiger partial charge in [0.05, 0.1) is 0 Å². The molecule has 0 aliphatic carbocycles. The fourth-order valence-electron chi connectivity index (χ4n) is 1.62. The molecular weight excluding hydrogens is 190 g/mol. The molecule has 5 heteroatoms. The number of rotatable bonds is 1. The van der Waals surface area contributed by atoms with Gasteiger partial charge in [0.1, 0.15) is 12.0 Å². The highest BCUT2D eigenvalue weighted by atomic mass is 15.3. The number of aromatic nitrogens is 5. The summed E-state index contributed by atoms with van der Waals surface area (Å²) in [5.41, 5.74) is 2.09. The molecule has 0 fully saturated rings. The summed E-state index contributed by atoms with van der Waals surface area (Å²) in [6.07, 6.45) is 1.56. The first kappa shape index (κ1) is 9.89. The minimum Gasteiger partial charge on any atom is -0.326 e. The van der Waals surface area contributed by atoms with Crippen molar-refractivity contribution >= 4 is 0 Å². The lowest BCUT2D eigenvalue weighted by molar-refractivity contribution is 0.523. The molecule has 0 atom stereocenters. The third-order valence-electron chi connectivity index (χ3n) is 2.31. The summed E-state index contributed by atoms with van der Waals surface area (Å²) >= 11 is 0. The number of hydrogen-bond acceptors (Lipinski definition) is 3. The van der Waals surface area contributed by atoms with E-state index in [4.69, 9.17) is 0 Å². The standard InChI is InChI=1S/C10H15N5/c1-10(2,3)8-5-7(14-15(8)4)9-11-6-12-13-9/h5-6H,1-4H3,(H,11,12,13). The average molecular weight is 205 g/mol. The molecule has 0 radical (unpaired) electrons. The fourth-order valence-corrected chi connectivity index (χ4v) is 1.62. The van der Waals surface area contributed by atoms with Gasteiger partial charge in [-0.05, 0) is 6.07 Å². The van der Waals surface area contributed by atoms with E-state index in [0.717, 1.165) is 5.69 Å².